The molecule has 0 aromatic heterocycles. The average molecular weight is 282 g/mol. The molecule has 0 fully saturated rings. The van der Waals surface area contributed by atoms with Crippen molar-refractivity contribution in [2.24, 2.45) is 0 Å². The van der Waals surface area contributed by atoms with Crippen LogP contribution in [0, 0.1) is 0 Å². The lowest BCUT2D eigenvalue weighted by molar-refractivity contribution is 0.224. The van der Waals surface area contributed by atoms with Crippen molar-refractivity contribution in [2.45, 2.75) is 5.38 Å². The molecular weight excluding hydrogens is 269 g/mol. The first-order chi connectivity index (χ1) is 6.58. The van der Waals surface area contributed by atoms with Crippen LogP contribution < -0.4 is 0 Å². The number of alkyl halides is 3. The van der Waals surface area contributed by atoms with E-state index in [2.05, 4.69) is 6.58 Å². The van der Waals surface area contributed by atoms with Gasteiger partial charge in [-0.25, -0.2) is 0 Å². The molecule has 0 radical (unpaired) electrons. The molecule has 0 spiro atoms. The summed E-state index contributed by atoms with van der Waals surface area (Å²) in [5, 5.41) is -0.402. The second-order valence-electron chi connectivity index (χ2n) is 2.36. The normalized spacial score (nSPS) is 17.4. The Hall–Kier alpha value is 0.760. The summed E-state index contributed by atoms with van der Waals surface area (Å²) >= 11 is 16.5. The fraction of sp³-hybridized carbons (Fsp3) is 0.714. The predicted molar refractivity (Wildman–Crippen MR) is 60.8 cm³/mol. The van der Waals surface area contributed by atoms with E-state index >= 15 is 0 Å². The van der Waals surface area contributed by atoms with Crippen LogP contribution in [0.5, 0.6) is 0 Å². The standard InChI is InChI=1S/C7H12Cl3O3P/c1-2-3-12-14(11,6-9)13-5-7(10)4-8/h2,7H,1,3-6H2. The Morgan fingerprint density at radius 3 is 2.50 bits per heavy atom. The first-order valence-electron chi connectivity index (χ1n) is 3.83. The van der Waals surface area contributed by atoms with Crippen LogP contribution in [0.15, 0.2) is 12.7 Å². The second-order valence-corrected chi connectivity index (χ2v) is 5.98. The monoisotopic (exact) mass is 280 g/mol. The first-order valence-corrected chi connectivity index (χ1v) is 7.06. The lowest BCUT2D eigenvalue weighted by atomic mass is 10.5. The van der Waals surface area contributed by atoms with Crippen LogP contribution in [-0.4, -0.2) is 30.1 Å². The van der Waals surface area contributed by atoms with Crippen molar-refractivity contribution >= 4 is 42.4 Å². The lowest BCUT2D eigenvalue weighted by Gasteiger charge is -2.16. The molecule has 0 aromatic rings. The molecule has 7 heteroatoms. The maximum absolute atomic E-state index is 11.6. The smallest absolute Gasteiger partial charge is 0.306 e. The van der Waals surface area contributed by atoms with Gasteiger partial charge in [0.2, 0.25) is 0 Å². The molecule has 0 aliphatic carbocycles. The Morgan fingerprint density at radius 1 is 1.43 bits per heavy atom. The van der Waals surface area contributed by atoms with Crippen LogP contribution in [0.1, 0.15) is 0 Å². The molecule has 14 heavy (non-hydrogen) atoms. The topological polar surface area (TPSA) is 35.5 Å². The Labute approximate surface area is 98.8 Å². The van der Waals surface area contributed by atoms with Crippen molar-refractivity contribution in [3.63, 3.8) is 0 Å². The predicted octanol–water partition coefficient (Wildman–Crippen LogP) is 3.44. The fourth-order valence-electron chi connectivity index (χ4n) is 0.512. The van der Waals surface area contributed by atoms with E-state index in [1.165, 1.54) is 6.08 Å². The maximum atomic E-state index is 11.6. The van der Waals surface area contributed by atoms with Crippen LogP contribution in [0.2, 0.25) is 0 Å². The van der Waals surface area contributed by atoms with Gasteiger partial charge in [0.15, 0.2) is 0 Å². The van der Waals surface area contributed by atoms with Gasteiger partial charge in [0.05, 0.1) is 18.6 Å². The maximum Gasteiger partial charge on any atom is 0.345 e. The highest BCUT2D eigenvalue weighted by molar-refractivity contribution is 7.55. The Bertz CT molecular complexity index is 212. The summed E-state index contributed by atoms with van der Waals surface area (Å²) in [5.41, 5.74) is -0.216. The van der Waals surface area contributed by atoms with E-state index in [0.717, 1.165) is 0 Å². The molecule has 0 aromatic carbocycles. The zero-order chi connectivity index (χ0) is 11.0. The summed E-state index contributed by atoms with van der Waals surface area (Å²) in [5.74, 6) is 0.214. The average Bonchev–Trinajstić information content (AvgIpc) is 2.23. The minimum atomic E-state index is -3.23. The number of halogens is 3. The van der Waals surface area contributed by atoms with Crippen LogP contribution in [0.25, 0.3) is 0 Å². The highest BCUT2D eigenvalue weighted by Crippen LogP contribution is 2.49. The summed E-state index contributed by atoms with van der Waals surface area (Å²) in [6.07, 6.45) is 1.46. The summed E-state index contributed by atoms with van der Waals surface area (Å²) in [6, 6.07) is 0. The molecular formula is C7H12Cl3O3P. The molecule has 0 heterocycles. The third-order valence-electron chi connectivity index (χ3n) is 1.15. The fourth-order valence-corrected chi connectivity index (χ4v) is 2.12. The van der Waals surface area contributed by atoms with E-state index < -0.39 is 13.0 Å². The van der Waals surface area contributed by atoms with Crippen LogP contribution >= 0.6 is 42.4 Å². The van der Waals surface area contributed by atoms with Gasteiger partial charge in [0.25, 0.3) is 0 Å². The Kier molecular flexibility index (Phi) is 8.41. The van der Waals surface area contributed by atoms with E-state index in [4.69, 9.17) is 43.9 Å². The van der Waals surface area contributed by atoms with Gasteiger partial charge in [-0.3, -0.25) is 4.57 Å². The summed E-state index contributed by atoms with van der Waals surface area (Å²) in [4.78, 5) is 0. The molecule has 0 aliphatic heterocycles. The van der Waals surface area contributed by atoms with Crippen molar-refractivity contribution in [1.82, 2.24) is 0 Å². The molecule has 3 nitrogen and oxygen atoms in total. The number of hydrogen-bond donors (Lipinski definition) is 0. The third kappa shape index (κ3) is 6.28. The Balaban J connectivity index is 3.98. The van der Waals surface area contributed by atoms with Crippen molar-refractivity contribution in [3.05, 3.63) is 12.7 Å². The molecule has 0 N–H and O–H groups in total. The van der Waals surface area contributed by atoms with E-state index in [0.29, 0.717) is 0 Å². The van der Waals surface area contributed by atoms with Gasteiger partial charge in [0, 0.05) is 5.88 Å². The number of hydrogen-bond acceptors (Lipinski definition) is 3. The highest BCUT2D eigenvalue weighted by Gasteiger charge is 2.23. The Morgan fingerprint density at radius 2 is 2.07 bits per heavy atom. The van der Waals surface area contributed by atoms with Gasteiger partial charge in [-0.15, -0.1) is 41.4 Å². The summed E-state index contributed by atoms with van der Waals surface area (Å²) in [7, 11) is -3.23. The first kappa shape index (κ1) is 14.8. The van der Waals surface area contributed by atoms with Gasteiger partial charge in [-0.2, -0.15) is 0 Å². The van der Waals surface area contributed by atoms with Crippen LogP contribution in [0.4, 0.5) is 0 Å². The minimum Gasteiger partial charge on any atom is -0.306 e. The molecule has 2 atom stereocenters. The van der Waals surface area contributed by atoms with Crippen LogP contribution in [0.3, 0.4) is 0 Å². The summed E-state index contributed by atoms with van der Waals surface area (Å²) in [6.45, 7) is 3.59. The van der Waals surface area contributed by atoms with E-state index in [9.17, 15) is 4.57 Å². The molecule has 0 aliphatic rings. The van der Waals surface area contributed by atoms with Gasteiger partial charge < -0.3 is 9.05 Å². The van der Waals surface area contributed by atoms with Gasteiger partial charge >= 0.3 is 7.60 Å². The molecule has 2 unspecified atom stereocenters. The van der Waals surface area contributed by atoms with E-state index in [1.54, 1.807) is 0 Å². The minimum absolute atomic E-state index is 0.0478. The molecule has 0 amide bonds. The zero-order valence-corrected chi connectivity index (χ0v) is 10.7. The van der Waals surface area contributed by atoms with E-state index in [1.807, 2.05) is 0 Å². The number of rotatable bonds is 8. The second kappa shape index (κ2) is 7.98. The SMILES string of the molecule is C=CCOP(=O)(CCl)OCC(Cl)CCl. The highest BCUT2D eigenvalue weighted by atomic mass is 35.5. The zero-order valence-electron chi connectivity index (χ0n) is 7.50. The quantitative estimate of drug-likeness (QED) is 0.388. The molecule has 0 rings (SSSR count). The van der Waals surface area contributed by atoms with Crippen LogP contribution in [-0.2, 0) is 13.6 Å². The molecule has 0 bridgehead atoms. The van der Waals surface area contributed by atoms with Crippen molar-refractivity contribution < 1.29 is 13.6 Å². The van der Waals surface area contributed by atoms with Gasteiger partial charge in [0.1, 0.15) is 5.62 Å². The van der Waals surface area contributed by atoms with Crippen molar-refractivity contribution in [2.75, 3.05) is 24.7 Å². The van der Waals surface area contributed by atoms with Gasteiger partial charge in [-0.05, 0) is 0 Å². The van der Waals surface area contributed by atoms with Crippen molar-refractivity contribution in [3.8, 4) is 0 Å². The molecule has 0 saturated heterocycles. The largest absolute Gasteiger partial charge is 0.345 e. The molecule has 84 valence electrons. The molecule has 0 saturated carbocycles. The third-order valence-corrected chi connectivity index (χ3v) is 4.22. The lowest BCUT2D eigenvalue weighted by Crippen LogP contribution is -2.10. The van der Waals surface area contributed by atoms with E-state index in [-0.39, 0.29) is 24.7 Å². The van der Waals surface area contributed by atoms with Gasteiger partial charge in [-0.1, -0.05) is 6.08 Å². The summed E-state index contributed by atoms with van der Waals surface area (Å²) < 4.78 is 21.5. The van der Waals surface area contributed by atoms with Crippen molar-refractivity contribution in [1.29, 1.82) is 0 Å².